The summed E-state index contributed by atoms with van der Waals surface area (Å²) < 4.78 is 0. The van der Waals surface area contributed by atoms with Crippen molar-refractivity contribution >= 4 is 0 Å². The molecule has 1 aliphatic carbocycles. The smallest absolute Gasteiger partial charge is 0.0172 e. The largest absolute Gasteiger partial charge is 0.316 e. The van der Waals surface area contributed by atoms with Gasteiger partial charge in [0.1, 0.15) is 0 Å². The molecule has 3 aliphatic rings. The Morgan fingerprint density at radius 3 is 2.59 bits per heavy atom. The van der Waals surface area contributed by atoms with E-state index in [0.717, 1.165) is 12.0 Å². The molecule has 3 heteroatoms. The molecule has 0 aromatic rings. The van der Waals surface area contributed by atoms with E-state index in [1.807, 2.05) is 0 Å². The lowest BCUT2D eigenvalue weighted by Gasteiger charge is -2.36. The molecular formula is C14H27N3. The lowest BCUT2D eigenvalue weighted by atomic mass is 10.1. The Balaban J connectivity index is 1.46. The molecule has 3 fully saturated rings. The van der Waals surface area contributed by atoms with E-state index in [1.165, 1.54) is 58.7 Å². The van der Waals surface area contributed by atoms with Gasteiger partial charge < -0.3 is 10.2 Å². The highest BCUT2D eigenvalue weighted by Gasteiger charge is 2.57. The summed E-state index contributed by atoms with van der Waals surface area (Å²) in [5.74, 6) is 0.813. The fourth-order valence-corrected chi connectivity index (χ4v) is 3.84. The Hall–Kier alpha value is -0.120. The lowest BCUT2D eigenvalue weighted by molar-refractivity contribution is 0.106. The van der Waals surface area contributed by atoms with Gasteiger partial charge in [0.2, 0.25) is 0 Å². The summed E-state index contributed by atoms with van der Waals surface area (Å²) in [6.45, 7) is 13.7. The van der Waals surface area contributed by atoms with Crippen molar-refractivity contribution < 1.29 is 0 Å². The van der Waals surface area contributed by atoms with Crippen LogP contribution in [0.2, 0.25) is 0 Å². The Bertz CT molecular complexity index is 263. The highest BCUT2D eigenvalue weighted by atomic mass is 15.3. The first-order valence-electron chi connectivity index (χ1n) is 7.37. The minimum Gasteiger partial charge on any atom is -0.316 e. The minimum absolute atomic E-state index is 0.695. The number of nitrogens with one attached hydrogen (secondary N) is 1. The van der Waals surface area contributed by atoms with Crippen LogP contribution in [0.1, 0.15) is 26.7 Å². The van der Waals surface area contributed by atoms with Crippen molar-refractivity contribution in [1.29, 1.82) is 0 Å². The van der Waals surface area contributed by atoms with E-state index >= 15 is 0 Å². The molecule has 2 heterocycles. The summed E-state index contributed by atoms with van der Waals surface area (Å²) >= 11 is 0. The zero-order valence-corrected chi connectivity index (χ0v) is 11.4. The fraction of sp³-hybridized carbons (Fsp3) is 1.00. The van der Waals surface area contributed by atoms with Crippen LogP contribution in [0, 0.1) is 11.3 Å². The van der Waals surface area contributed by atoms with Gasteiger partial charge >= 0.3 is 0 Å². The second-order valence-corrected chi connectivity index (χ2v) is 6.74. The Labute approximate surface area is 106 Å². The van der Waals surface area contributed by atoms with Crippen LogP contribution in [-0.4, -0.2) is 61.7 Å². The number of rotatable bonds is 3. The molecule has 0 bridgehead atoms. The third-order valence-corrected chi connectivity index (χ3v) is 4.89. The topological polar surface area (TPSA) is 18.5 Å². The molecule has 1 saturated carbocycles. The van der Waals surface area contributed by atoms with Crippen LogP contribution in [-0.2, 0) is 0 Å². The van der Waals surface area contributed by atoms with Crippen molar-refractivity contribution in [1.82, 2.24) is 15.1 Å². The van der Waals surface area contributed by atoms with E-state index in [0.29, 0.717) is 5.41 Å². The fourth-order valence-electron chi connectivity index (χ4n) is 3.84. The van der Waals surface area contributed by atoms with E-state index in [-0.39, 0.29) is 0 Å². The predicted molar refractivity (Wildman–Crippen MR) is 71.2 cm³/mol. The summed E-state index contributed by atoms with van der Waals surface area (Å²) in [5, 5.41) is 3.54. The number of hydrogen-bond acceptors (Lipinski definition) is 3. The van der Waals surface area contributed by atoms with E-state index in [2.05, 4.69) is 29.0 Å². The molecule has 0 aromatic carbocycles. The van der Waals surface area contributed by atoms with E-state index < -0.39 is 0 Å². The van der Waals surface area contributed by atoms with Gasteiger partial charge in [0.25, 0.3) is 0 Å². The van der Waals surface area contributed by atoms with E-state index in [9.17, 15) is 0 Å². The minimum atomic E-state index is 0.695. The molecular weight excluding hydrogens is 210 g/mol. The predicted octanol–water partition coefficient (Wildman–Crippen LogP) is 1.01. The zero-order valence-electron chi connectivity index (χ0n) is 11.4. The molecule has 1 N–H and O–H groups in total. The molecule has 2 aliphatic heterocycles. The van der Waals surface area contributed by atoms with Gasteiger partial charge in [-0.05, 0) is 25.3 Å². The van der Waals surface area contributed by atoms with E-state index in [1.54, 1.807) is 0 Å². The van der Waals surface area contributed by atoms with Crippen molar-refractivity contribution in [2.75, 3.05) is 45.8 Å². The van der Waals surface area contributed by atoms with Crippen LogP contribution < -0.4 is 5.32 Å². The summed E-state index contributed by atoms with van der Waals surface area (Å²) in [7, 11) is 0. The molecule has 3 rings (SSSR count). The van der Waals surface area contributed by atoms with Gasteiger partial charge in [-0.1, -0.05) is 13.8 Å². The van der Waals surface area contributed by atoms with Crippen molar-refractivity contribution in [3.63, 3.8) is 0 Å². The van der Waals surface area contributed by atoms with Gasteiger partial charge in [0, 0.05) is 50.7 Å². The maximum atomic E-state index is 3.54. The molecule has 2 saturated heterocycles. The number of hydrogen-bond donors (Lipinski definition) is 1. The van der Waals surface area contributed by atoms with Crippen LogP contribution in [0.4, 0.5) is 0 Å². The Morgan fingerprint density at radius 2 is 2.00 bits per heavy atom. The molecule has 0 radical (unpaired) electrons. The second kappa shape index (κ2) is 4.52. The SMILES string of the molecule is CC(C)CN1CCN(C2CC23CCNC3)CC1. The van der Waals surface area contributed by atoms with Crippen molar-refractivity contribution in [3.8, 4) is 0 Å². The molecule has 0 aromatic heterocycles. The van der Waals surface area contributed by atoms with Crippen LogP contribution >= 0.6 is 0 Å². The normalized spacial score (nSPS) is 39.4. The van der Waals surface area contributed by atoms with E-state index in [4.69, 9.17) is 0 Å². The second-order valence-electron chi connectivity index (χ2n) is 6.74. The van der Waals surface area contributed by atoms with Gasteiger partial charge in [-0.15, -0.1) is 0 Å². The first-order valence-corrected chi connectivity index (χ1v) is 7.37. The van der Waals surface area contributed by atoms with Gasteiger partial charge in [0.05, 0.1) is 0 Å². The molecule has 17 heavy (non-hydrogen) atoms. The molecule has 2 unspecified atom stereocenters. The number of nitrogens with zero attached hydrogens (tertiary/aromatic N) is 2. The summed E-state index contributed by atoms with van der Waals surface area (Å²) in [5.41, 5.74) is 0.695. The van der Waals surface area contributed by atoms with Crippen LogP contribution in [0.3, 0.4) is 0 Å². The first kappa shape index (κ1) is 11.9. The third-order valence-electron chi connectivity index (χ3n) is 4.89. The van der Waals surface area contributed by atoms with Gasteiger partial charge in [-0.3, -0.25) is 4.90 Å². The molecule has 1 spiro atoms. The molecule has 3 nitrogen and oxygen atoms in total. The van der Waals surface area contributed by atoms with Gasteiger partial charge in [-0.2, -0.15) is 0 Å². The summed E-state index contributed by atoms with van der Waals surface area (Å²) in [6.07, 6.45) is 2.88. The quantitative estimate of drug-likeness (QED) is 0.790. The standard InChI is InChI=1S/C14H27N3/c1-12(2)10-16-5-7-17(8-6-16)13-9-14(13)3-4-15-11-14/h12-13,15H,3-11H2,1-2H3. The maximum absolute atomic E-state index is 3.54. The molecule has 2 atom stereocenters. The summed E-state index contributed by atoms with van der Waals surface area (Å²) in [4.78, 5) is 5.41. The molecule has 0 amide bonds. The Morgan fingerprint density at radius 1 is 1.24 bits per heavy atom. The monoisotopic (exact) mass is 237 g/mol. The maximum Gasteiger partial charge on any atom is 0.0172 e. The van der Waals surface area contributed by atoms with Crippen molar-refractivity contribution in [2.45, 2.75) is 32.7 Å². The Kier molecular flexibility index (Phi) is 3.18. The zero-order chi connectivity index (χ0) is 11.9. The van der Waals surface area contributed by atoms with Gasteiger partial charge in [-0.25, -0.2) is 0 Å². The van der Waals surface area contributed by atoms with Crippen LogP contribution in [0.15, 0.2) is 0 Å². The van der Waals surface area contributed by atoms with Gasteiger partial charge in [0.15, 0.2) is 0 Å². The van der Waals surface area contributed by atoms with Crippen molar-refractivity contribution in [3.05, 3.63) is 0 Å². The van der Waals surface area contributed by atoms with Crippen LogP contribution in [0.5, 0.6) is 0 Å². The summed E-state index contributed by atoms with van der Waals surface area (Å²) in [6, 6.07) is 0.915. The van der Waals surface area contributed by atoms with Crippen LogP contribution in [0.25, 0.3) is 0 Å². The lowest BCUT2D eigenvalue weighted by Crippen LogP contribution is -2.49. The highest BCUT2D eigenvalue weighted by Crippen LogP contribution is 2.53. The van der Waals surface area contributed by atoms with Crippen molar-refractivity contribution in [2.24, 2.45) is 11.3 Å². The highest BCUT2D eigenvalue weighted by molar-refractivity contribution is 5.13. The third kappa shape index (κ3) is 2.38. The molecule has 98 valence electrons. The average Bonchev–Trinajstić information content (AvgIpc) is 2.78. The first-order chi connectivity index (χ1) is 8.20. The average molecular weight is 237 g/mol. The number of piperazine rings is 1.